The lowest BCUT2D eigenvalue weighted by Gasteiger charge is -2.43. The van der Waals surface area contributed by atoms with Crippen molar-refractivity contribution in [2.24, 2.45) is 11.8 Å². The van der Waals surface area contributed by atoms with E-state index in [1.54, 1.807) is 30.5 Å². The van der Waals surface area contributed by atoms with E-state index in [0.717, 1.165) is 123 Å². The minimum absolute atomic E-state index is 0.000817. The summed E-state index contributed by atoms with van der Waals surface area (Å²) in [5.74, 6) is -0.781. The summed E-state index contributed by atoms with van der Waals surface area (Å²) < 4.78 is 20.5. The molecule has 5 fully saturated rings. The quantitative estimate of drug-likeness (QED) is 0.168. The summed E-state index contributed by atoms with van der Waals surface area (Å²) in [6.45, 7) is 8.72. The zero-order valence-electron chi connectivity index (χ0n) is 40.2. The molecule has 5 aliphatic heterocycles. The number of amides is 6. The molecule has 0 radical (unpaired) electrons. The van der Waals surface area contributed by atoms with Crippen molar-refractivity contribution < 1.29 is 37.9 Å². The Morgan fingerprint density at radius 2 is 1.53 bits per heavy atom. The summed E-state index contributed by atoms with van der Waals surface area (Å²) in [5.41, 5.74) is 4.12. The average Bonchev–Trinajstić information content (AvgIpc) is 3.63. The van der Waals surface area contributed by atoms with Crippen LogP contribution in [0.3, 0.4) is 0 Å². The fourth-order valence-corrected chi connectivity index (χ4v) is 11.9. The summed E-state index contributed by atoms with van der Waals surface area (Å²) >= 11 is 0. The van der Waals surface area contributed by atoms with Gasteiger partial charge in [-0.25, -0.2) is 4.39 Å². The molecule has 1 aromatic heterocycles. The Labute approximate surface area is 408 Å². The lowest BCUT2D eigenvalue weighted by Crippen LogP contribution is -2.54. The van der Waals surface area contributed by atoms with Gasteiger partial charge in [0.15, 0.2) is 0 Å². The zero-order chi connectivity index (χ0) is 48.6. The number of nitrogens with zero attached hydrogens (tertiary/aromatic N) is 7. The van der Waals surface area contributed by atoms with Gasteiger partial charge in [-0.15, -0.1) is 0 Å². The van der Waals surface area contributed by atoms with Crippen molar-refractivity contribution in [1.82, 2.24) is 29.5 Å². The molecule has 4 aromatic rings. The number of aromatic nitrogens is 1. The molecule has 6 aliphatic rings. The molecule has 1 N–H and O–H groups in total. The Hall–Kier alpha value is -6.26. The van der Waals surface area contributed by atoms with E-state index in [-0.39, 0.29) is 54.3 Å². The number of hydrogen-bond acceptors (Lipinski definition) is 11. The average molecular weight is 955 g/mol. The second-order valence-electron chi connectivity index (χ2n) is 20.3. The van der Waals surface area contributed by atoms with E-state index in [1.165, 1.54) is 13.1 Å². The van der Waals surface area contributed by atoms with Gasteiger partial charge in [-0.3, -0.25) is 53.4 Å². The Kier molecular flexibility index (Phi) is 13.7. The van der Waals surface area contributed by atoms with Crippen molar-refractivity contribution in [2.45, 2.75) is 95.2 Å². The van der Waals surface area contributed by atoms with Gasteiger partial charge < -0.3 is 19.9 Å². The second-order valence-corrected chi connectivity index (χ2v) is 20.3. The first-order valence-corrected chi connectivity index (χ1v) is 25.3. The molecule has 15 nitrogen and oxygen atoms in total. The lowest BCUT2D eigenvalue weighted by atomic mass is 9.73. The largest absolute Gasteiger partial charge is 0.490 e. The minimum atomic E-state index is -0.971. The van der Waals surface area contributed by atoms with Crippen LogP contribution in [0.5, 0.6) is 5.75 Å². The first-order chi connectivity index (χ1) is 33.9. The number of piperazine rings is 1. The van der Waals surface area contributed by atoms with Crippen LogP contribution >= 0.6 is 0 Å². The number of fused-ring (bicyclic) bond motifs is 2. The van der Waals surface area contributed by atoms with Gasteiger partial charge in [0, 0.05) is 120 Å². The maximum Gasteiger partial charge on any atom is 0.262 e. The minimum Gasteiger partial charge on any atom is -0.490 e. The molecule has 6 heterocycles. The van der Waals surface area contributed by atoms with Crippen LogP contribution in [-0.4, -0.2) is 149 Å². The van der Waals surface area contributed by atoms with Crippen molar-refractivity contribution in [3.05, 3.63) is 95.4 Å². The first kappa shape index (κ1) is 47.4. The molecule has 6 amide bonds. The van der Waals surface area contributed by atoms with E-state index in [4.69, 9.17) is 4.74 Å². The number of piperidine rings is 3. The maximum atomic E-state index is 14.1. The van der Waals surface area contributed by atoms with Crippen LogP contribution in [0.15, 0.2) is 72.9 Å². The number of hydrogen-bond donors (Lipinski definition) is 1. The predicted molar refractivity (Wildman–Crippen MR) is 262 cm³/mol. The summed E-state index contributed by atoms with van der Waals surface area (Å²) in [7, 11) is 1.39. The van der Waals surface area contributed by atoms with E-state index in [1.807, 2.05) is 48.2 Å². The Bertz CT molecular complexity index is 2670. The first-order valence-electron chi connectivity index (χ1n) is 25.3. The fourth-order valence-electron chi connectivity index (χ4n) is 11.9. The predicted octanol–water partition coefficient (Wildman–Crippen LogP) is 6.32. The number of benzene rings is 3. The van der Waals surface area contributed by atoms with Gasteiger partial charge in [-0.1, -0.05) is 13.0 Å². The van der Waals surface area contributed by atoms with Crippen molar-refractivity contribution >= 4 is 57.7 Å². The van der Waals surface area contributed by atoms with Crippen molar-refractivity contribution in [3.8, 4) is 5.75 Å². The number of pyridine rings is 1. The number of carbonyl (C=O) groups excluding carboxylic acids is 6. The van der Waals surface area contributed by atoms with Crippen LogP contribution in [0.2, 0.25) is 0 Å². The maximum absolute atomic E-state index is 14.1. The summed E-state index contributed by atoms with van der Waals surface area (Å²) in [6, 6.07) is 19.2. The molecule has 3 aromatic carbocycles. The monoisotopic (exact) mass is 954 g/mol. The molecule has 1 aliphatic carbocycles. The fraction of sp³-hybridized carbons (Fsp3) is 0.500. The van der Waals surface area contributed by atoms with E-state index in [9.17, 15) is 33.2 Å². The molecular weight excluding hydrogens is 892 g/mol. The Balaban J connectivity index is 0.627. The van der Waals surface area contributed by atoms with Crippen LogP contribution < -0.4 is 15.0 Å². The van der Waals surface area contributed by atoms with Crippen molar-refractivity contribution in [1.29, 1.82) is 0 Å². The number of carbonyl (C=O) groups is 6. The molecule has 0 bridgehead atoms. The molecule has 10 rings (SSSR count). The second kappa shape index (κ2) is 20.2. The van der Waals surface area contributed by atoms with E-state index in [2.05, 4.69) is 25.0 Å². The van der Waals surface area contributed by atoms with Gasteiger partial charge in [0.05, 0.1) is 23.2 Å². The molecular formula is C54H63FN8O7. The number of halogens is 1. The van der Waals surface area contributed by atoms with Crippen LogP contribution in [0.4, 0.5) is 15.8 Å². The SMILES string of the molecule is C[C@@H](C(=O)Nc1cccc(OC2CCN(C(=O)CN3CCC(N4CCN(c5ccc6c(c5)C(=O)N(C5CCC(=O)N(C)C5=O)C6=O)CC4)CC3)CC2)c1)C1CCC(c2ccnc3ccc(F)cc23)CC1. The highest BCUT2D eigenvalue weighted by Crippen LogP contribution is 2.41. The topological polar surface area (TPSA) is 156 Å². The lowest BCUT2D eigenvalue weighted by molar-refractivity contribution is -0.149. The number of nitrogens with one attached hydrogen (secondary N) is 1. The van der Waals surface area contributed by atoms with Gasteiger partial charge in [0.1, 0.15) is 23.7 Å². The molecule has 1 unspecified atom stereocenters. The molecule has 2 atom stereocenters. The normalized spacial score (nSPS) is 23.8. The standard InChI is InChI=1S/C54H63FN8O7/c1-34(35-6-8-36(9-7-35)43-16-21-56-47-13-10-37(55)30-45(43)47)51(66)57-38-4-3-5-42(31-38)70-41-19-24-62(25-20-41)50(65)33-59-22-17-39(18-23-59)60-26-28-61(29-27-60)40-11-12-44-46(32-40)53(68)63(52(44)67)48-14-15-49(64)58(2)54(48)69/h3-5,10-13,16,21,30-32,34-36,39,41,48H,6-9,14-15,17-20,22-29,33H2,1-2H3,(H,57,66)/t34-,35?,36?,48?/m1/s1. The Morgan fingerprint density at radius 3 is 2.29 bits per heavy atom. The molecule has 4 saturated heterocycles. The van der Waals surface area contributed by atoms with Crippen LogP contribution in [0.25, 0.3) is 10.9 Å². The van der Waals surface area contributed by atoms with E-state index >= 15 is 0 Å². The Morgan fingerprint density at radius 1 is 0.786 bits per heavy atom. The van der Waals surface area contributed by atoms with Crippen LogP contribution in [0, 0.1) is 17.7 Å². The van der Waals surface area contributed by atoms with Gasteiger partial charge in [-0.2, -0.15) is 0 Å². The number of likely N-dealkylation sites (tertiary alicyclic amines) is 3. The van der Waals surface area contributed by atoms with Gasteiger partial charge >= 0.3 is 0 Å². The van der Waals surface area contributed by atoms with Crippen molar-refractivity contribution in [2.75, 3.05) is 76.2 Å². The molecule has 368 valence electrons. The van der Waals surface area contributed by atoms with Crippen molar-refractivity contribution in [3.63, 3.8) is 0 Å². The molecule has 1 saturated carbocycles. The highest BCUT2D eigenvalue weighted by Gasteiger charge is 2.46. The number of rotatable bonds is 11. The third kappa shape index (κ3) is 9.76. The number of ether oxygens (including phenoxy) is 1. The summed E-state index contributed by atoms with van der Waals surface area (Å²) in [4.78, 5) is 94.1. The number of anilines is 2. The highest BCUT2D eigenvalue weighted by atomic mass is 19.1. The van der Waals surface area contributed by atoms with Crippen LogP contribution in [-0.2, 0) is 19.2 Å². The van der Waals surface area contributed by atoms with Gasteiger partial charge in [0.2, 0.25) is 17.7 Å². The molecule has 0 spiro atoms. The highest BCUT2D eigenvalue weighted by molar-refractivity contribution is 6.23. The van der Waals surface area contributed by atoms with Gasteiger partial charge in [0.25, 0.3) is 17.7 Å². The van der Waals surface area contributed by atoms with E-state index in [0.29, 0.717) is 54.2 Å². The smallest absolute Gasteiger partial charge is 0.262 e. The summed E-state index contributed by atoms with van der Waals surface area (Å²) in [6.07, 6.45) is 9.23. The number of imide groups is 2. The van der Waals surface area contributed by atoms with E-state index < -0.39 is 23.8 Å². The third-order valence-electron chi connectivity index (χ3n) is 16.2. The summed E-state index contributed by atoms with van der Waals surface area (Å²) in [5, 5.41) is 4.02. The molecule has 16 heteroatoms. The van der Waals surface area contributed by atoms with Crippen LogP contribution in [0.1, 0.15) is 103 Å². The third-order valence-corrected chi connectivity index (χ3v) is 16.2. The zero-order valence-corrected chi connectivity index (χ0v) is 40.2. The number of likely N-dealkylation sites (N-methyl/N-ethyl adjacent to an activating group) is 1. The van der Waals surface area contributed by atoms with Gasteiger partial charge in [-0.05, 0) is 117 Å². The molecule has 70 heavy (non-hydrogen) atoms.